The molecule has 2 aromatic heterocycles. The Morgan fingerprint density at radius 3 is 2.58 bits per heavy atom. The normalized spacial score (nSPS) is 12.2. The molecule has 0 fully saturated rings. The summed E-state index contributed by atoms with van der Waals surface area (Å²) in [6.07, 6.45) is 3.68. The van der Waals surface area contributed by atoms with Gasteiger partial charge in [-0.1, -0.05) is 30.7 Å². The van der Waals surface area contributed by atoms with Gasteiger partial charge in [0.2, 0.25) is 0 Å². The fourth-order valence-corrected chi connectivity index (χ4v) is 2.64. The zero-order valence-corrected chi connectivity index (χ0v) is 15.3. The van der Waals surface area contributed by atoms with Crippen LogP contribution in [0.1, 0.15) is 23.8 Å². The molecule has 3 aromatic rings. The number of hydrogen-bond acceptors (Lipinski definition) is 5. The number of aliphatic hydroxyl groups excluding tert-OH is 1. The highest BCUT2D eigenvalue weighted by molar-refractivity contribution is 6.30. The largest absolute Gasteiger partial charge is 0.396 e. The van der Waals surface area contributed by atoms with Gasteiger partial charge >= 0.3 is 0 Å². The highest BCUT2D eigenvalue weighted by atomic mass is 35.5. The number of ketones is 1. The van der Waals surface area contributed by atoms with Gasteiger partial charge in [-0.05, 0) is 24.1 Å². The molecular formula is C19H19ClN4O2. The van der Waals surface area contributed by atoms with Crippen LogP contribution in [0.5, 0.6) is 0 Å². The van der Waals surface area contributed by atoms with E-state index in [0.29, 0.717) is 22.2 Å². The fraction of sp³-hybridized carbons (Fsp3) is 0.263. The highest BCUT2D eigenvalue weighted by Crippen LogP contribution is 2.24. The molecule has 0 aliphatic carbocycles. The molecule has 1 atom stereocenters. The summed E-state index contributed by atoms with van der Waals surface area (Å²) in [5, 5.41) is 14.0. The number of aromatic nitrogens is 4. The highest BCUT2D eigenvalue weighted by Gasteiger charge is 2.17. The SMILES string of the molecule is C[C@H](CO)CC(=O)c1cc(-c2ccc(Cl)cc2)nc(-c2cnn(C)c2)n1. The van der Waals surface area contributed by atoms with Crippen molar-refractivity contribution in [1.82, 2.24) is 19.7 Å². The second-order valence-corrected chi connectivity index (χ2v) is 6.72. The number of rotatable bonds is 6. The predicted octanol–water partition coefficient (Wildman–Crippen LogP) is 3.40. The van der Waals surface area contributed by atoms with E-state index in [0.717, 1.165) is 11.1 Å². The lowest BCUT2D eigenvalue weighted by molar-refractivity contribution is 0.0938. The van der Waals surface area contributed by atoms with Crippen molar-refractivity contribution >= 4 is 17.4 Å². The van der Waals surface area contributed by atoms with Gasteiger partial charge in [0.25, 0.3) is 0 Å². The number of carbonyl (C=O) groups is 1. The Hall–Kier alpha value is -2.57. The molecule has 0 amide bonds. The number of halogens is 1. The third-order valence-corrected chi connectivity index (χ3v) is 4.21. The lowest BCUT2D eigenvalue weighted by Crippen LogP contribution is -2.12. The Bertz CT molecular complexity index is 922. The Labute approximate surface area is 156 Å². The first-order valence-corrected chi connectivity index (χ1v) is 8.62. The molecule has 134 valence electrons. The maximum Gasteiger partial charge on any atom is 0.181 e. The molecule has 0 spiro atoms. The van der Waals surface area contributed by atoms with E-state index in [2.05, 4.69) is 15.1 Å². The molecule has 6 nitrogen and oxygen atoms in total. The summed E-state index contributed by atoms with van der Waals surface area (Å²) in [6, 6.07) is 8.93. The molecule has 0 saturated carbocycles. The van der Waals surface area contributed by atoms with E-state index >= 15 is 0 Å². The zero-order chi connectivity index (χ0) is 18.7. The van der Waals surface area contributed by atoms with Crippen LogP contribution in [0, 0.1) is 5.92 Å². The molecule has 0 radical (unpaired) electrons. The fourth-order valence-electron chi connectivity index (χ4n) is 2.51. The smallest absolute Gasteiger partial charge is 0.181 e. The van der Waals surface area contributed by atoms with Gasteiger partial charge in [0.15, 0.2) is 11.6 Å². The van der Waals surface area contributed by atoms with Gasteiger partial charge in [-0.2, -0.15) is 5.10 Å². The second-order valence-electron chi connectivity index (χ2n) is 6.29. The molecule has 0 unspecified atom stereocenters. The van der Waals surface area contributed by atoms with Crippen molar-refractivity contribution in [2.45, 2.75) is 13.3 Å². The van der Waals surface area contributed by atoms with Crippen molar-refractivity contribution in [2.75, 3.05) is 6.61 Å². The van der Waals surface area contributed by atoms with Crippen LogP contribution in [0.2, 0.25) is 5.02 Å². The van der Waals surface area contributed by atoms with Gasteiger partial charge in [0, 0.05) is 36.9 Å². The minimum atomic E-state index is -0.130. The summed E-state index contributed by atoms with van der Waals surface area (Å²) in [7, 11) is 1.81. The summed E-state index contributed by atoms with van der Waals surface area (Å²) in [5.74, 6) is 0.179. The Morgan fingerprint density at radius 1 is 1.23 bits per heavy atom. The molecule has 0 aliphatic rings. The summed E-state index contributed by atoms with van der Waals surface area (Å²) in [5.41, 5.74) is 2.53. The Morgan fingerprint density at radius 2 is 1.96 bits per heavy atom. The van der Waals surface area contributed by atoms with Crippen LogP contribution in [-0.4, -0.2) is 37.2 Å². The van der Waals surface area contributed by atoms with E-state index in [1.807, 2.05) is 26.1 Å². The number of aryl methyl sites for hydroxylation is 1. The van der Waals surface area contributed by atoms with Crippen LogP contribution in [0.4, 0.5) is 0 Å². The van der Waals surface area contributed by atoms with Crippen LogP contribution in [0.15, 0.2) is 42.7 Å². The van der Waals surface area contributed by atoms with E-state index < -0.39 is 0 Å². The zero-order valence-electron chi connectivity index (χ0n) is 14.6. The molecule has 0 bridgehead atoms. The minimum absolute atomic E-state index is 0.0453. The Kier molecular flexibility index (Phi) is 5.44. The predicted molar refractivity (Wildman–Crippen MR) is 99.9 cm³/mol. The first-order valence-electron chi connectivity index (χ1n) is 8.24. The van der Waals surface area contributed by atoms with Gasteiger partial charge in [-0.25, -0.2) is 9.97 Å². The summed E-state index contributed by atoms with van der Waals surface area (Å²) >= 11 is 5.96. The van der Waals surface area contributed by atoms with Gasteiger partial charge in [0.1, 0.15) is 5.69 Å². The first kappa shape index (κ1) is 18.2. The average Bonchev–Trinajstić information content (AvgIpc) is 3.08. The third-order valence-electron chi connectivity index (χ3n) is 3.96. The topological polar surface area (TPSA) is 80.9 Å². The molecular weight excluding hydrogens is 352 g/mol. The molecule has 0 aliphatic heterocycles. The molecule has 1 N–H and O–H groups in total. The van der Waals surface area contributed by atoms with E-state index in [4.69, 9.17) is 11.6 Å². The maximum atomic E-state index is 12.6. The third kappa shape index (κ3) is 4.15. The standard InChI is InChI=1S/C19H19ClN4O2/c1-12(11-25)7-18(26)17-8-16(13-3-5-15(20)6-4-13)22-19(23-17)14-9-21-24(2)10-14/h3-6,8-10,12,25H,7,11H2,1-2H3/t12-/m0/s1. The van der Waals surface area contributed by atoms with Gasteiger partial charge in [-0.3, -0.25) is 9.48 Å². The molecule has 3 rings (SSSR count). The summed E-state index contributed by atoms with van der Waals surface area (Å²) < 4.78 is 1.66. The number of aliphatic hydroxyl groups is 1. The molecule has 1 aromatic carbocycles. The van der Waals surface area contributed by atoms with Crippen molar-refractivity contribution in [3.05, 3.63) is 53.4 Å². The summed E-state index contributed by atoms with van der Waals surface area (Å²) in [4.78, 5) is 21.6. The number of carbonyl (C=O) groups excluding carboxylic acids is 1. The van der Waals surface area contributed by atoms with Crippen molar-refractivity contribution in [3.63, 3.8) is 0 Å². The van der Waals surface area contributed by atoms with Crippen molar-refractivity contribution in [2.24, 2.45) is 13.0 Å². The monoisotopic (exact) mass is 370 g/mol. The first-order chi connectivity index (χ1) is 12.5. The van der Waals surface area contributed by atoms with E-state index in [-0.39, 0.29) is 24.7 Å². The number of benzene rings is 1. The number of Topliss-reactive ketones (excluding diaryl/α,β-unsaturated/α-hetero) is 1. The number of nitrogens with zero attached hydrogens (tertiary/aromatic N) is 4. The molecule has 26 heavy (non-hydrogen) atoms. The van der Waals surface area contributed by atoms with Gasteiger partial charge in [-0.15, -0.1) is 0 Å². The minimum Gasteiger partial charge on any atom is -0.396 e. The van der Waals surface area contributed by atoms with Gasteiger partial charge < -0.3 is 5.11 Å². The second kappa shape index (κ2) is 7.76. The van der Waals surface area contributed by atoms with Crippen LogP contribution < -0.4 is 0 Å². The average molecular weight is 371 g/mol. The van der Waals surface area contributed by atoms with Crippen LogP contribution >= 0.6 is 11.6 Å². The van der Waals surface area contributed by atoms with Crippen molar-refractivity contribution in [3.8, 4) is 22.6 Å². The quantitative estimate of drug-likeness (QED) is 0.672. The van der Waals surface area contributed by atoms with Crippen LogP contribution in [0.3, 0.4) is 0 Å². The van der Waals surface area contributed by atoms with E-state index in [1.165, 1.54) is 0 Å². The van der Waals surface area contributed by atoms with Crippen molar-refractivity contribution in [1.29, 1.82) is 0 Å². The lowest BCUT2D eigenvalue weighted by atomic mass is 10.0. The molecule has 0 saturated heterocycles. The van der Waals surface area contributed by atoms with Crippen LogP contribution in [0.25, 0.3) is 22.6 Å². The maximum absolute atomic E-state index is 12.6. The lowest BCUT2D eigenvalue weighted by Gasteiger charge is -2.09. The van der Waals surface area contributed by atoms with Gasteiger partial charge in [0.05, 0.1) is 17.5 Å². The number of hydrogen-bond donors (Lipinski definition) is 1. The van der Waals surface area contributed by atoms with Crippen LogP contribution in [-0.2, 0) is 7.05 Å². The molecule has 7 heteroatoms. The van der Waals surface area contributed by atoms with E-state index in [9.17, 15) is 9.90 Å². The Balaban J connectivity index is 2.07. The van der Waals surface area contributed by atoms with E-state index in [1.54, 1.807) is 35.3 Å². The van der Waals surface area contributed by atoms with Crippen molar-refractivity contribution < 1.29 is 9.90 Å². The summed E-state index contributed by atoms with van der Waals surface area (Å²) in [6.45, 7) is 1.78. The molecule has 2 heterocycles.